The van der Waals surface area contributed by atoms with E-state index in [1.54, 1.807) is 31.2 Å². The number of halogens is 2. The lowest BCUT2D eigenvalue weighted by Gasteiger charge is -2.28. The number of amides is 2. The molecule has 1 aliphatic rings. The van der Waals surface area contributed by atoms with E-state index >= 15 is 0 Å². The highest BCUT2D eigenvalue weighted by molar-refractivity contribution is 6.31. The Hall–Kier alpha value is -3.98. The second-order valence-electron chi connectivity index (χ2n) is 7.16. The molecule has 0 radical (unpaired) electrons. The molecule has 0 atom stereocenters. The number of esters is 1. The summed E-state index contributed by atoms with van der Waals surface area (Å²) in [4.78, 5) is 37.9. The van der Waals surface area contributed by atoms with Crippen molar-refractivity contribution in [2.24, 2.45) is 0 Å². The lowest BCUT2D eigenvalue weighted by molar-refractivity contribution is -0.143. The lowest BCUT2D eigenvalue weighted by Crippen LogP contribution is -2.43. The van der Waals surface area contributed by atoms with Gasteiger partial charge in [0.15, 0.2) is 6.61 Å². The third-order valence-electron chi connectivity index (χ3n) is 4.91. The third kappa shape index (κ3) is 4.78. The Kier molecular flexibility index (Phi) is 6.23. The topological polar surface area (TPSA) is 93.5 Å². The highest BCUT2D eigenvalue weighted by Crippen LogP contribution is 2.29. The molecule has 33 heavy (non-hydrogen) atoms. The number of nitrogens with one attached hydrogen (secondary N) is 1. The van der Waals surface area contributed by atoms with Gasteiger partial charge >= 0.3 is 5.97 Å². The van der Waals surface area contributed by atoms with Crippen molar-refractivity contribution in [1.82, 2.24) is 9.78 Å². The molecule has 2 aromatic carbocycles. The molecule has 168 valence electrons. The number of anilines is 2. The van der Waals surface area contributed by atoms with Gasteiger partial charge in [0.05, 0.1) is 22.8 Å². The molecule has 8 nitrogen and oxygen atoms in total. The summed E-state index contributed by atoms with van der Waals surface area (Å²) in [6.07, 6.45) is 2.57. The number of ether oxygens (including phenoxy) is 1. The van der Waals surface area contributed by atoms with Crippen LogP contribution in [0.3, 0.4) is 0 Å². The first-order valence-corrected chi connectivity index (χ1v) is 10.3. The summed E-state index contributed by atoms with van der Waals surface area (Å²) >= 11 is 6.38. The Labute approximate surface area is 193 Å². The maximum Gasteiger partial charge on any atom is 0.331 e. The van der Waals surface area contributed by atoms with Crippen LogP contribution in [-0.4, -0.2) is 40.7 Å². The standard InChI is InChI=1S/C23H18ClFN4O4/c1-14-17(23(24)29(27-14)16-8-6-15(25)7-9-16)10-11-22(32)33-13-21(31)28-12-20(30)26-18-4-2-3-5-19(18)28/h2-11H,12-13H2,1H3,(H,26,30)/b11-10+. The molecule has 0 aliphatic carbocycles. The van der Waals surface area contributed by atoms with Gasteiger partial charge in [0.1, 0.15) is 17.5 Å². The molecule has 3 aromatic rings. The zero-order valence-corrected chi connectivity index (χ0v) is 18.2. The van der Waals surface area contributed by atoms with Crippen LogP contribution >= 0.6 is 11.6 Å². The van der Waals surface area contributed by atoms with Gasteiger partial charge in [0.2, 0.25) is 5.91 Å². The Morgan fingerprint density at radius 2 is 1.94 bits per heavy atom. The van der Waals surface area contributed by atoms with Gasteiger partial charge in [0, 0.05) is 11.6 Å². The Morgan fingerprint density at radius 1 is 1.21 bits per heavy atom. The fourth-order valence-corrected chi connectivity index (χ4v) is 3.66. The average molecular weight is 469 g/mol. The molecule has 1 aromatic heterocycles. The number of rotatable bonds is 5. The minimum atomic E-state index is -0.761. The highest BCUT2D eigenvalue weighted by atomic mass is 35.5. The molecule has 0 unspecified atom stereocenters. The van der Waals surface area contributed by atoms with Gasteiger partial charge in [-0.05, 0) is 49.4 Å². The molecule has 1 N–H and O–H groups in total. The van der Waals surface area contributed by atoms with E-state index in [1.165, 1.54) is 39.9 Å². The van der Waals surface area contributed by atoms with Crippen LogP contribution in [0.15, 0.2) is 54.6 Å². The van der Waals surface area contributed by atoms with Gasteiger partial charge in [0.25, 0.3) is 5.91 Å². The number of para-hydroxylation sites is 2. The second kappa shape index (κ2) is 9.25. The first-order chi connectivity index (χ1) is 15.8. The summed E-state index contributed by atoms with van der Waals surface area (Å²) in [7, 11) is 0. The smallest absolute Gasteiger partial charge is 0.331 e. The van der Waals surface area contributed by atoms with Crippen molar-refractivity contribution in [3.63, 3.8) is 0 Å². The van der Waals surface area contributed by atoms with Crippen LogP contribution in [0.2, 0.25) is 5.15 Å². The summed E-state index contributed by atoms with van der Waals surface area (Å²) in [6, 6.07) is 12.5. The minimum Gasteiger partial charge on any atom is -0.452 e. The van der Waals surface area contributed by atoms with Crippen LogP contribution in [0.5, 0.6) is 0 Å². The number of aryl methyl sites for hydroxylation is 1. The summed E-state index contributed by atoms with van der Waals surface area (Å²) in [5, 5.41) is 7.23. The zero-order valence-electron chi connectivity index (χ0n) is 17.4. The van der Waals surface area contributed by atoms with Crippen molar-refractivity contribution in [2.75, 3.05) is 23.4 Å². The van der Waals surface area contributed by atoms with Crippen LogP contribution in [-0.2, 0) is 19.1 Å². The van der Waals surface area contributed by atoms with E-state index in [4.69, 9.17) is 16.3 Å². The predicted molar refractivity (Wildman–Crippen MR) is 121 cm³/mol. The Morgan fingerprint density at radius 3 is 2.70 bits per heavy atom. The Bertz CT molecular complexity index is 1270. The summed E-state index contributed by atoms with van der Waals surface area (Å²) in [6.45, 7) is 1.01. The molecule has 0 bridgehead atoms. The number of hydrogen-bond donors (Lipinski definition) is 1. The van der Waals surface area contributed by atoms with Gasteiger partial charge in [-0.15, -0.1) is 0 Å². The molecule has 10 heteroatoms. The summed E-state index contributed by atoms with van der Waals surface area (Å²) in [5.74, 6) is -2.01. The molecular formula is C23H18ClFN4O4. The second-order valence-corrected chi connectivity index (χ2v) is 7.52. The number of fused-ring (bicyclic) bond motifs is 1. The number of aromatic nitrogens is 2. The molecule has 2 heterocycles. The lowest BCUT2D eigenvalue weighted by atomic mass is 10.2. The number of carbonyl (C=O) groups excluding carboxylic acids is 3. The van der Waals surface area contributed by atoms with E-state index in [-0.39, 0.29) is 23.4 Å². The molecule has 0 saturated heterocycles. The fourth-order valence-electron chi connectivity index (χ4n) is 3.32. The van der Waals surface area contributed by atoms with E-state index in [0.29, 0.717) is 28.3 Å². The third-order valence-corrected chi connectivity index (χ3v) is 5.28. The van der Waals surface area contributed by atoms with Gasteiger partial charge in [-0.1, -0.05) is 23.7 Å². The van der Waals surface area contributed by atoms with Crippen molar-refractivity contribution >= 4 is 46.8 Å². The van der Waals surface area contributed by atoms with Crippen molar-refractivity contribution in [1.29, 1.82) is 0 Å². The van der Waals surface area contributed by atoms with Crippen molar-refractivity contribution in [3.8, 4) is 5.69 Å². The van der Waals surface area contributed by atoms with E-state index in [9.17, 15) is 18.8 Å². The van der Waals surface area contributed by atoms with Crippen LogP contribution in [0.1, 0.15) is 11.3 Å². The van der Waals surface area contributed by atoms with Crippen LogP contribution in [0.25, 0.3) is 11.8 Å². The van der Waals surface area contributed by atoms with E-state index in [2.05, 4.69) is 10.4 Å². The number of hydrogen-bond acceptors (Lipinski definition) is 5. The molecule has 0 fully saturated rings. The van der Waals surface area contributed by atoms with Crippen LogP contribution in [0.4, 0.5) is 15.8 Å². The van der Waals surface area contributed by atoms with Crippen molar-refractivity contribution < 1.29 is 23.5 Å². The van der Waals surface area contributed by atoms with Crippen molar-refractivity contribution in [2.45, 2.75) is 6.92 Å². The first-order valence-electron chi connectivity index (χ1n) is 9.88. The molecule has 1 aliphatic heterocycles. The SMILES string of the molecule is Cc1nn(-c2ccc(F)cc2)c(Cl)c1/C=C/C(=O)OCC(=O)N1CC(=O)Nc2ccccc21. The fraction of sp³-hybridized carbons (Fsp3) is 0.130. The van der Waals surface area contributed by atoms with Gasteiger partial charge in [-0.2, -0.15) is 5.10 Å². The molecule has 0 spiro atoms. The van der Waals surface area contributed by atoms with Gasteiger partial charge in [-0.25, -0.2) is 13.9 Å². The zero-order chi connectivity index (χ0) is 23.5. The quantitative estimate of drug-likeness (QED) is 0.457. The van der Waals surface area contributed by atoms with Gasteiger partial charge < -0.3 is 10.1 Å². The van der Waals surface area contributed by atoms with Crippen LogP contribution < -0.4 is 10.2 Å². The maximum atomic E-state index is 13.2. The average Bonchev–Trinajstić information content (AvgIpc) is 3.09. The first kappa shape index (κ1) is 22.2. The monoisotopic (exact) mass is 468 g/mol. The van der Waals surface area contributed by atoms with E-state index in [1.807, 2.05) is 0 Å². The number of benzene rings is 2. The molecule has 0 saturated carbocycles. The number of nitrogens with zero attached hydrogens (tertiary/aromatic N) is 3. The molecular weight excluding hydrogens is 451 g/mol. The number of carbonyl (C=O) groups is 3. The molecule has 4 rings (SSSR count). The minimum absolute atomic E-state index is 0.166. The largest absolute Gasteiger partial charge is 0.452 e. The normalized spacial score (nSPS) is 13.1. The molecule has 2 amide bonds. The maximum absolute atomic E-state index is 13.2. The van der Waals surface area contributed by atoms with Crippen LogP contribution in [0, 0.1) is 12.7 Å². The predicted octanol–water partition coefficient (Wildman–Crippen LogP) is 3.51. The summed E-state index contributed by atoms with van der Waals surface area (Å²) < 4.78 is 19.6. The highest BCUT2D eigenvalue weighted by Gasteiger charge is 2.27. The van der Waals surface area contributed by atoms with Gasteiger partial charge in [-0.3, -0.25) is 14.5 Å². The van der Waals surface area contributed by atoms with E-state index in [0.717, 1.165) is 6.08 Å². The van der Waals surface area contributed by atoms with Crippen molar-refractivity contribution in [3.05, 3.63) is 76.8 Å². The Balaban J connectivity index is 1.42. The summed E-state index contributed by atoms with van der Waals surface area (Å²) in [5.41, 5.74) is 2.62. The van der Waals surface area contributed by atoms with E-state index < -0.39 is 18.5 Å².